The van der Waals surface area contributed by atoms with E-state index in [2.05, 4.69) is 0 Å². The van der Waals surface area contributed by atoms with Crippen molar-refractivity contribution in [2.75, 3.05) is 0 Å². The summed E-state index contributed by atoms with van der Waals surface area (Å²) >= 11 is 0. The molecule has 0 aliphatic heterocycles. The molecule has 0 radical (unpaired) electrons. The maximum absolute atomic E-state index is 12.9. The van der Waals surface area contributed by atoms with E-state index in [-0.39, 0.29) is 23.7 Å². The predicted octanol–water partition coefficient (Wildman–Crippen LogP) is 4.84. The second-order valence-electron chi connectivity index (χ2n) is 5.22. The van der Waals surface area contributed by atoms with E-state index in [1.165, 1.54) is 24.3 Å². The molecular weight excluding hydrogens is 298 g/mol. The summed E-state index contributed by atoms with van der Waals surface area (Å²) < 4.78 is 29.9. The molecule has 2 aromatic carbocycles. The Kier molecular flexibility index (Phi) is 7.95. The molecule has 4 heteroatoms. The Morgan fingerprint density at radius 1 is 1.09 bits per heavy atom. The Hall–Kier alpha value is -2.23. The molecule has 124 valence electrons. The third-order valence-electron chi connectivity index (χ3n) is 3.17. The van der Waals surface area contributed by atoms with E-state index >= 15 is 0 Å². The van der Waals surface area contributed by atoms with Crippen molar-refractivity contribution in [1.82, 2.24) is 0 Å². The highest BCUT2D eigenvalue weighted by molar-refractivity contribution is 5.69. The van der Waals surface area contributed by atoms with Gasteiger partial charge in [0, 0.05) is 12.8 Å². The third-order valence-corrected chi connectivity index (χ3v) is 3.17. The Morgan fingerprint density at radius 2 is 1.74 bits per heavy atom. The van der Waals surface area contributed by atoms with Crippen LogP contribution in [-0.2, 0) is 16.0 Å². The van der Waals surface area contributed by atoms with E-state index in [9.17, 15) is 13.6 Å². The standard InChI is InChI=1S/C13H17FO2.C6H5F/c1-4-13(15)16-10(3)8-11-5-6-12(14)7-9(11)2;7-6-4-2-1-3-5-6/h5-7,10H,4,8H2,1-3H3;1-5H. The van der Waals surface area contributed by atoms with Gasteiger partial charge in [-0.1, -0.05) is 31.2 Å². The van der Waals surface area contributed by atoms with Crippen LogP contribution in [0.3, 0.4) is 0 Å². The summed E-state index contributed by atoms with van der Waals surface area (Å²) in [6.45, 7) is 5.46. The van der Waals surface area contributed by atoms with Crippen molar-refractivity contribution in [3.63, 3.8) is 0 Å². The van der Waals surface area contributed by atoms with Crippen molar-refractivity contribution in [3.05, 3.63) is 71.3 Å². The Morgan fingerprint density at radius 3 is 2.22 bits per heavy atom. The van der Waals surface area contributed by atoms with E-state index in [0.29, 0.717) is 12.8 Å². The molecule has 23 heavy (non-hydrogen) atoms. The van der Waals surface area contributed by atoms with Gasteiger partial charge >= 0.3 is 5.97 Å². The number of hydrogen-bond donors (Lipinski definition) is 0. The normalized spacial score (nSPS) is 11.2. The quantitative estimate of drug-likeness (QED) is 0.753. The summed E-state index contributed by atoms with van der Waals surface area (Å²) in [5, 5.41) is 0. The zero-order chi connectivity index (χ0) is 17.2. The summed E-state index contributed by atoms with van der Waals surface area (Å²) in [6, 6.07) is 12.6. The molecule has 0 saturated carbocycles. The van der Waals surface area contributed by atoms with E-state index in [1.54, 1.807) is 31.2 Å². The summed E-state index contributed by atoms with van der Waals surface area (Å²) in [7, 11) is 0. The Labute approximate surface area is 136 Å². The fourth-order valence-corrected chi connectivity index (χ4v) is 1.96. The van der Waals surface area contributed by atoms with Crippen LogP contribution in [-0.4, -0.2) is 12.1 Å². The van der Waals surface area contributed by atoms with Crippen LogP contribution >= 0.6 is 0 Å². The molecule has 0 bridgehead atoms. The molecule has 0 aliphatic carbocycles. The molecule has 2 nitrogen and oxygen atoms in total. The van der Waals surface area contributed by atoms with Crippen LogP contribution in [0.5, 0.6) is 0 Å². The van der Waals surface area contributed by atoms with Crippen molar-refractivity contribution in [2.45, 2.75) is 39.7 Å². The van der Waals surface area contributed by atoms with Crippen molar-refractivity contribution >= 4 is 5.97 Å². The lowest BCUT2D eigenvalue weighted by Crippen LogP contribution is -2.17. The first-order valence-corrected chi connectivity index (χ1v) is 7.57. The lowest BCUT2D eigenvalue weighted by molar-refractivity contribution is -0.147. The second kappa shape index (κ2) is 9.72. The van der Waals surface area contributed by atoms with Crippen LogP contribution in [0, 0.1) is 18.6 Å². The minimum absolute atomic E-state index is 0.170. The maximum Gasteiger partial charge on any atom is 0.305 e. The van der Waals surface area contributed by atoms with Gasteiger partial charge in [-0.15, -0.1) is 0 Å². The monoisotopic (exact) mass is 320 g/mol. The summed E-state index contributed by atoms with van der Waals surface area (Å²) in [4.78, 5) is 11.1. The van der Waals surface area contributed by atoms with Gasteiger partial charge in [0.1, 0.15) is 17.7 Å². The average Bonchev–Trinajstić information content (AvgIpc) is 2.51. The van der Waals surface area contributed by atoms with Gasteiger partial charge in [0.25, 0.3) is 0 Å². The Bertz CT molecular complexity index is 612. The number of aryl methyl sites for hydroxylation is 1. The largest absolute Gasteiger partial charge is 0.462 e. The molecular formula is C19H22F2O2. The molecule has 2 rings (SSSR count). The number of carbonyl (C=O) groups is 1. The number of benzene rings is 2. The fraction of sp³-hybridized carbons (Fsp3) is 0.316. The van der Waals surface area contributed by atoms with Gasteiger partial charge in [-0.2, -0.15) is 0 Å². The van der Waals surface area contributed by atoms with Crippen LogP contribution in [0.4, 0.5) is 8.78 Å². The predicted molar refractivity (Wildman–Crippen MR) is 87.1 cm³/mol. The van der Waals surface area contributed by atoms with Crippen LogP contribution < -0.4 is 0 Å². The van der Waals surface area contributed by atoms with Crippen molar-refractivity contribution < 1.29 is 18.3 Å². The smallest absolute Gasteiger partial charge is 0.305 e. The molecule has 0 saturated heterocycles. The highest BCUT2D eigenvalue weighted by Gasteiger charge is 2.10. The number of hydrogen-bond acceptors (Lipinski definition) is 2. The summed E-state index contributed by atoms with van der Waals surface area (Å²) in [5.41, 5.74) is 1.90. The number of halogens is 2. The minimum atomic E-state index is -0.237. The van der Waals surface area contributed by atoms with Gasteiger partial charge in [-0.05, 0) is 49.2 Å². The fourth-order valence-electron chi connectivity index (χ4n) is 1.96. The number of esters is 1. The van der Waals surface area contributed by atoms with Gasteiger partial charge in [0.05, 0.1) is 0 Å². The van der Waals surface area contributed by atoms with E-state index in [1.807, 2.05) is 13.8 Å². The number of ether oxygens (including phenoxy) is 1. The van der Waals surface area contributed by atoms with Gasteiger partial charge < -0.3 is 4.74 Å². The van der Waals surface area contributed by atoms with Crippen molar-refractivity contribution in [2.24, 2.45) is 0 Å². The minimum Gasteiger partial charge on any atom is -0.462 e. The second-order valence-corrected chi connectivity index (χ2v) is 5.22. The number of rotatable bonds is 4. The third kappa shape index (κ3) is 7.54. The zero-order valence-electron chi connectivity index (χ0n) is 13.7. The maximum atomic E-state index is 12.9. The Balaban J connectivity index is 0.000000313. The van der Waals surface area contributed by atoms with Crippen LogP contribution in [0.15, 0.2) is 48.5 Å². The first-order valence-electron chi connectivity index (χ1n) is 7.57. The highest BCUT2D eigenvalue weighted by atomic mass is 19.1. The number of carbonyl (C=O) groups excluding carboxylic acids is 1. The highest BCUT2D eigenvalue weighted by Crippen LogP contribution is 2.13. The van der Waals surface area contributed by atoms with Gasteiger partial charge in [0.2, 0.25) is 0 Å². The van der Waals surface area contributed by atoms with Crippen molar-refractivity contribution in [1.29, 1.82) is 0 Å². The van der Waals surface area contributed by atoms with Crippen LogP contribution in [0.2, 0.25) is 0 Å². The first-order chi connectivity index (χ1) is 10.9. The summed E-state index contributed by atoms with van der Waals surface area (Å²) in [6.07, 6.45) is 0.835. The summed E-state index contributed by atoms with van der Waals surface area (Å²) in [5.74, 6) is -0.616. The van der Waals surface area contributed by atoms with Gasteiger partial charge in [0.15, 0.2) is 0 Å². The zero-order valence-corrected chi connectivity index (χ0v) is 13.7. The van der Waals surface area contributed by atoms with Crippen molar-refractivity contribution in [3.8, 4) is 0 Å². The van der Waals surface area contributed by atoms with Crippen LogP contribution in [0.1, 0.15) is 31.4 Å². The average molecular weight is 320 g/mol. The molecule has 0 aliphatic rings. The topological polar surface area (TPSA) is 26.3 Å². The first kappa shape index (κ1) is 18.8. The van der Waals surface area contributed by atoms with E-state index in [0.717, 1.165) is 11.1 Å². The molecule has 0 N–H and O–H groups in total. The van der Waals surface area contributed by atoms with Gasteiger partial charge in [-0.3, -0.25) is 4.79 Å². The molecule has 0 aromatic heterocycles. The SMILES string of the molecule is CCC(=O)OC(C)Cc1ccc(F)cc1C.Fc1ccccc1. The molecule has 0 heterocycles. The molecule has 0 spiro atoms. The molecule has 0 fully saturated rings. The lowest BCUT2D eigenvalue weighted by Gasteiger charge is -2.14. The molecule has 1 atom stereocenters. The van der Waals surface area contributed by atoms with E-state index in [4.69, 9.17) is 4.74 Å². The molecule has 2 aromatic rings. The lowest BCUT2D eigenvalue weighted by atomic mass is 10.0. The molecule has 0 amide bonds. The van der Waals surface area contributed by atoms with Gasteiger partial charge in [-0.25, -0.2) is 8.78 Å². The van der Waals surface area contributed by atoms with E-state index < -0.39 is 0 Å². The molecule has 1 unspecified atom stereocenters. The van der Waals surface area contributed by atoms with Crippen LogP contribution in [0.25, 0.3) is 0 Å².